The zero-order valence-corrected chi connectivity index (χ0v) is 17.3. The van der Waals surface area contributed by atoms with E-state index in [0.717, 1.165) is 28.0 Å². The second-order valence-electron chi connectivity index (χ2n) is 7.00. The van der Waals surface area contributed by atoms with Gasteiger partial charge in [0.25, 0.3) is 0 Å². The first-order valence-electron chi connectivity index (χ1n) is 9.67. The van der Waals surface area contributed by atoms with E-state index >= 15 is 0 Å². The summed E-state index contributed by atoms with van der Waals surface area (Å²) in [6.45, 7) is 2.10. The molecular formula is C22H27FN6O. The molecule has 0 saturated heterocycles. The number of anilines is 1. The molecule has 2 bridgehead atoms. The summed E-state index contributed by atoms with van der Waals surface area (Å²) >= 11 is 0. The molecule has 0 amide bonds. The SMILES string of the molecule is CN/C1=C(\CN)C/C(C=N)=C(/NC)c2ccc(F)cc2C(C)Oc2cc1cnc2N. The van der Waals surface area contributed by atoms with E-state index in [0.29, 0.717) is 23.4 Å². The van der Waals surface area contributed by atoms with Crippen LogP contribution in [0.3, 0.4) is 0 Å². The number of nitrogens with one attached hydrogen (secondary N) is 3. The van der Waals surface area contributed by atoms with E-state index in [1.54, 1.807) is 32.4 Å². The topological polar surface area (TPSA) is 122 Å². The summed E-state index contributed by atoms with van der Waals surface area (Å²) in [4.78, 5) is 4.27. The fourth-order valence-corrected chi connectivity index (χ4v) is 3.74. The number of nitrogens with two attached hydrogens (primary N) is 2. The molecule has 7 N–H and O–H groups in total. The van der Waals surface area contributed by atoms with Gasteiger partial charge in [-0.3, -0.25) is 0 Å². The molecule has 1 atom stereocenters. The smallest absolute Gasteiger partial charge is 0.166 e. The molecule has 30 heavy (non-hydrogen) atoms. The molecule has 7 nitrogen and oxygen atoms in total. The highest BCUT2D eigenvalue weighted by atomic mass is 19.1. The van der Waals surface area contributed by atoms with E-state index in [4.69, 9.17) is 21.6 Å². The number of benzene rings is 1. The second-order valence-corrected chi connectivity index (χ2v) is 7.00. The first-order chi connectivity index (χ1) is 14.4. The summed E-state index contributed by atoms with van der Waals surface area (Å²) in [7, 11) is 3.58. The third-order valence-corrected chi connectivity index (χ3v) is 5.19. The van der Waals surface area contributed by atoms with Crippen LogP contribution in [0.15, 0.2) is 41.6 Å². The Morgan fingerprint density at radius 2 is 2.00 bits per heavy atom. The Hall–Kier alpha value is -3.39. The van der Waals surface area contributed by atoms with Crippen molar-refractivity contribution in [3.63, 3.8) is 0 Å². The first-order valence-corrected chi connectivity index (χ1v) is 9.67. The van der Waals surface area contributed by atoms with Gasteiger partial charge in [0.15, 0.2) is 11.6 Å². The van der Waals surface area contributed by atoms with E-state index in [1.807, 2.05) is 6.92 Å². The van der Waals surface area contributed by atoms with Gasteiger partial charge in [0, 0.05) is 67.6 Å². The van der Waals surface area contributed by atoms with Crippen molar-refractivity contribution >= 4 is 23.4 Å². The molecule has 3 rings (SSSR count). The summed E-state index contributed by atoms with van der Waals surface area (Å²) in [5, 5.41) is 14.4. The lowest BCUT2D eigenvalue weighted by molar-refractivity contribution is 0.226. The van der Waals surface area contributed by atoms with Crippen molar-refractivity contribution in [3.05, 3.63) is 64.1 Å². The van der Waals surface area contributed by atoms with Crippen molar-refractivity contribution < 1.29 is 9.13 Å². The molecule has 8 heteroatoms. The summed E-state index contributed by atoms with van der Waals surface area (Å²) in [5.41, 5.74) is 17.4. The molecule has 1 aromatic carbocycles. The van der Waals surface area contributed by atoms with E-state index in [9.17, 15) is 4.39 Å². The average molecular weight is 410 g/mol. The number of fused-ring (bicyclic) bond motifs is 3. The van der Waals surface area contributed by atoms with Crippen molar-refractivity contribution in [1.82, 2.24) is 15.6 Å². The largest absolute Gasteiger partial charge is 0.482 e. The van der Waals surface area contributed by atoms with E-state index in [-0.39, 0.29) is 18.2 Å². The van der Waals surface area contributed by atoms with Gasteiger partial charge in [0.05, 0.1) is 0 Å². The van der Waals surface area contributed by atoms with E-state index in [2.05, 4.69) is 15.6 Å². The number of rotatable bonds is 4. The Morgan fingerprint density at radius 1 is 1.27 bits per heavy atom. The van der Waals surface area contributed by atoms with E-state index < -0.39 is 6.10 Å². The number of nitrogens with zero attached hydrogens (tertiary/aromatic N) is 1. The Labute approximate surface area is 175 Å². The summed E-state index contributed by atoms with van der Waals surface area (Å²) in [5.74, 6) is 0.278. The van der Waals surface area contributed by atoms with Gasteiger partial charge in [-0.05, 0) is 42.3 Å². The molecule has 0 fully saturated rings. The molecule has 0 spiro atoms. The maximum atomic E-state index is 14.1. The zero-order valence-electron chi connectivity index (χ0n) is 17.3. The summed E-state index contributed by atoms with van der Waals surface area (Å²) < 4.78 is 20.3. The van der Waals surface area contributed by atoms with Gasteiger partial charge in [-0.1, -0.05) is 0 Å². The Kier molecular flexibility index (Phi) is 6.37. The van der Waals surface area contributed by atoms with Crippen molar-refractivity contribution in [1.29, 1.82) is 5.41 Å². The molecule has 158 valence electrons. The van der Waals surface area contributed by atoms with Crippen LogP contribution in [0.2, 0.25) is 0 Å². The minimum Gasteiger partial charge on any atom is -0.482 e. The standard InChI is InChI=1S/C22H27FN6O/c1-12-18-8-16(23)4-5-17(18)21(28-3)14(10-25)6-13(9-24)20(27-2)15-7-19(30-12)22(26)29-11-15/h4-5,7-8,10-12,25,27-28H,6,9,24H2,1-3H3,(H2,26,29)/b20-13-,21-14-,25-10?. The van der Waals surface area contributed by atoms with Gasteiger partial charge in [0.2, 0.25) is 0 Å². The molecule has 0 aliphatic carbocycles. The Bertz CT molecular complexity index is 1030. The highest BCUT2D eigenvalue weighted by molar-refractivity contribution is 5.91. The van der Waals surface area contributed by atoms with Crippen LogP contribution < -0.4 is 26.8 Å². The molecule has 0 radical (unpaired) electrons. The number of pyridine rings is 1. The monoisotopic (exact) mass is 410 g/mol. The van der Waals surface area contributed by atoms with Crippen LogP contribution >= 0.6 is 0 Å². The quantitative estimate of drug-likeness (QED) is 0.494. The van der Waals surface area contributed by atoms with Crippen molar-refractivity contribution in [2.24, 2.45) is 5.73 Å². The number of hydrogen-bond acceptors (Lipinski definition) is 7. The van der Waals surface area contributed by atoms with Gasteiger partial charge < -0.3 is 32.2 Å². The first kappa shape index (κ1) is 21.3. The van der Waals surface area contributed by atoms with Crippen LogP contribution in [0.5, 0.6) is 5.75 Å². The maximum absolute atomic E-state index is 14.1. The van der Waals surface area contributed by atoms with Crippen LogP contribution in [-0.4, -0.2) is 31.8 Å². The lowest BCUT2D eigenvalue weighted by Gasteiger charge is -2.24. The Balaban J connectivity index is 2.37. The summed E-state index contributed by atoms with van der Waals surface area (Å²) in [6.07, 6.45) is 2.87. The Morgan fingerprint density at radius 3 is 2.63 bits per heavy atom. The fourth-order valence-electron chi connectivity index (χ4n) is 3.74. The number of aromatic nitrogens is 1. The van der Waals surface area contributed by atoms with Gasteiger partial charge in [0.1, 0.15) is 11.9 Å². The molecule has 1 unspecified atom stereocenters. The minimum absolute atomic E-state index is 0.245. The number of allylic oxidation sites excluding steroid dienone is 1. The number of halogens is 1. The molecule has 1 aliphatic heterocycles. The molecule has 2 heterocycles. The van der Waals surface area contributed by atoms with Crippen LogP contribution in [0.4, 0.5) is 10.2 Å². The van der Waals surface area contributed by atoms with Crippen LogP contribution in [0, 0.1) is 11.2 Å². The summed E-state index contributed by atoms with van der Waals surface area (Å²) in [6, 6.07) is 6.32. The predicted molar refractivity (Wildman–Crippen MR) is 119 cm³/mol. The molecular weight excluding hydrogens is 383 g/mol. The van der Waals surface area contributed by atoms with Crippen LogP contribution in [0.1, 0.15) is 36.1 Å². The lowest BCUT2D eigenvalue weighted by atomic mass is 9.93. The van der Waals surface area contributed by atoms with Gasteiger partial charge in [-0.25, -0.2) is 9.37 Å². The lowest BCUT2D eigenvalue weighted by Crippen LogP contribution is -2.19. The zero-order chi connectivity index (χ0) is 21.8. The van der Waals surface area contributed by atoms with Crippen molar-refractivity contribution in [2.75, 3.05) is 26.4 Å². The van der Waals surface area contributed by atoms with Crippen LogP contribution in [-0.2, 0) is 0 Å². The normalized spacial score (nSPS) is 21.6. The van der Waals surface area contributed by atoms with Gasteiger partial charge >= 0.3 is 0 Å². The average Bonchev–Trinajstić information content (AvgIpc) is 2.74. The van der Waals surface area contributed by atoms with Crippen molar-refractivity contribution in [2.45, 2.75) is 19.4 Å². The number of ether oxygens (including phenoxy) is 1. The third-order valence-electron chi connectivity index (χ3n) is 5.19. The molecule has 2 aromatic rings. The second kappa shape index (κ2) is 8.96. The van der Waals surface area contributed by atoms with Gasteiger partial charge in [-0.15, -0.1) is 0 Å². The van der Waals surface area contributed by atoms with Gasteiger partial charge in [-0.2, -0.15) is 0 Å². The molecule has 1 aliphatic rings. The van der Waals surface area contributed by atoms with E-state index in [1.165, 1.54) is 18.3 Å². The predicted octanol–water partition coefficient (Wildman–Crippen LogP) is 2.82. The number of hydrogen-bond donors (Lipinski definition) is 5. The molecule has 1 aromatic heterocycles. The third kappa shape index (κ3) is 3.99. The fraction of sp³-hybridized carbons (Fsp3) is 0.273. The maximum Gasteiger partial charge on any atom is 0.166 e. The number of nitrogen functional groups attached to an aromatic ring is 1. The highest BCUT2D eigenvalue weighted by Gasteiger charge is 2.22. The highest BCUT2D eigenvalue weighted by Crippen LogP contribution is 2.35. The van der Waals surface area contributed by atoms with Crippen molar-refractivity contribution in [3.8, 4) is 5.75 Å². The minimum atomic E-state index is -0.513. The molecule has 0 saturated carbocycles. The van der Waals surface area contributed by atoms with Crippen LogP contribution in [0.25, 0.3) is 11.4 Å².